The number of benzene rings is 3. The van der Waals surface area contributed by atoms with E-state index in [1.54, 1.807) is 48.5 Å². The number of para-hydroxylation sites is 1. The third kappa shape index (κ3) is 4.67. The van der Waals surface area contributed by atoms with Crippen LogP contribution in [0.25, 0.3) is 6.08 Å². The first kappa shape index (κ1) is 22.0. The summed E-state index contributed by atoms with van der Waals surface area (Å²) in [6.07, 6.45) is 1.45. The average molecular weight is 483 g/mol. The number of nitrogens with one attached hydrogen (secondary N) is 1. The number of anilines is 1. The van der Waals surface area contributed by atoms with Gasteiger partial charge in [0, 0.05) is 21.2 Å². The zero-order valence-electron chi connectivity index (χ0n) is 16.5. The van der Waals surface area contributed by atoms with E-state index in [-0.39, 0.29) is 17.3 Å². The number of amides is 2. The predicted molar refractivity (Wildman–Crippen MR) is 130 cm³/mol. The number of hydrogen-bond donors (Lipinski definition) is 1. The number of halogens is 2. The van der Waals surface area contributed by atoms with E-state index in [1.807, 2.05) is 24.3 Å². The number of rotatable bonds is 5. The van der Waals surface area contributed by atoms with E-state index in [0.29, 0.717) is 27.0 Å². The van der Waals surface area contributed by atoms with Gasteiger partial charge < -0.3 is 4.74 Å². The lowest BCUT2D eigenvalue weighted by Crippen LogP contribution is -2.54. The molecule has 0 saturated carbocycles. The van der Waals surface area contributed by atoms with Crippen LogP contribution in [-0.4, -0.2) is 16.9 Å². The maximum Gasteiger partial charge on any atom is 0.270 e. The molecule has 1 aliphatic heterocycles. The van der Waals surface area contributed by atoms with Crippen LogP contribution in [0, 0.1) is 0 Å². The highest BCUT2D eigenvalue weighted by molar-refractivity contribution is 7.80. The van der Waals surface area contributed by atoms with Gasteiger partial charge in [-0.3, -0.25) is 19.8 Å². The van der Waals surface area contributed by atoms with E-state index < -0.39 is 11.8 Å². The Hall–Kier alpha value is -3.19. The van der Waals surface area contributed by atoms with Gasteiger partial charge in [0.2, 0.25) is 0 Å². The molecule has 0 unspecified atom stereocenters. The summed E-state index contributed by atoms with van der Waals surface area (Å²) in [7, 11) is 0. The molecule has 1 saturated heterocycles. The molecule has 4 rings (SSSR count). The highest BCUT2D eigenvalue weighted by Crippen LogP contribution is 2.29. The molecular formula is C24H16Cl2N2O3S. The van der Waals surface area contributed by atoms with Crippen molar-refractivity contribution in [2.75, 3.05) is 4.90 Å². The quantitative estimate of drug-likeness (QED) is 0.300. The van der Waals surface area contributed by atoms with Crippen molar-refractivity contribution in [1.29, 1.82) is 0 Å². The van der Waals surface area contributed by atoms with Gasteiger partial charge in [0.25, 0.3) is 11.8 Å². The first-order valence-corrected chi connectivity index (χ1v) is 10.7. The van der Waals surface area contributed by atoms with Crippen molar-refractivity contribution in [3.63, 3.8) is 0 Å². The van der Waals surface area contributed by atoms with Gasteiger partial charge in [0.15, 0.2) is 5.11 Å². The molecule has 160 valence electrons. The van der Waals surface area contributed by atoms with Gasteiger partial charge in [-0.05, 0) is 54.7 Å². The summed E-state index contributed by atoms with van der Waals surface area (Å²) in [6.45, 7) is 0.206. The van der Waals surface area contributed by atoms with Gasteiger partial charge in [-0.1, -0.05) is 59.6 Å². The summed E-state index contributed by atoms with van der Waals surface area (Å²) >= 11 is 17.6. The number of carbonyl (C=O) groups excluding carboxylic acids is 2. The molecule has 1 N–H and O–H groups in total. The Balaban J connectivity index is 1.68. The molecule has 0 aliphatic carbocycles. The Kier molecular flexibility index (Phi) is 6.55. The Bertz CT molecular complexity index is 1250. The Morgan fingerprint density at radius 1 is 0.969 bits per heavy atom. The van der Waals surface area contributed by atoms with Crippen LogP contribution in [0.4, 0.5) is 5.69 Å². The topological polar surface area (TPSA) is 58.6 Å². The lowest BCUT2D eigenvalue weighted by Gasteiger charge is -2.29. The van der Waals surface area contributed by atoms with Crippen molar-refractivity contribution in [1.82, 2.24) is 5.32 Å². The molecule has 0 bridgehead atoms. The molecule has 0 radical (unpaired) electrons. The van der Waals surface area contributed by atoms with Gasteiger partial charge in [0.05, 0.1) is 5.69 Å². The van der Waals surface area contributed by atoms with Crippen molar-refractivity contribution in [3.05, 3.63) is 99.5 Å². The molecule has 0 aromatic heterocycles. The van der Waals surface area contributed by atoms with Gasteiger partial charge >= 0.3 is 0 Å². The molecule has 2 amide bonds. The summed E-state index contributed by atoms with van der Waals surface area (Å²) in [5.74, 6) is -0.687. The molecule has 5 nitrogen and oxygen atoms in total. The number of nitrogens with zero attached hydrogens (tertiary/aromatic N) is 1. The van der Waals surface area contributed by atoms with E-state index in [1.165, 1.54) is 11.0 Å². The molecule has 0 atom stereocenters. The number of hydrogen-bond acceptors (Lipinski definition) is 4. The van der Waals surface area contributed by atoms with Gasteiger partial charge in [0.1, 0.15) is 17.9 Å². The van der Waals surface area contributed by atoms with Gasteiger partial charge in [-0.15, -0.1) is 0 Å². The smallest absolute Gasteiger partial charge is 0.270 e. The minimum absolute atomic E-state index is 0.0182. The van der Waals surface area contributed by atoms with Crippen LogP contribution in [0.2, 0.25) is 10.0 Å². The van der Waals surface area contributed by atoms with E-state index in [9.17, 15) is 9.59 Å². The highest BCUT2D eigenvalue weighted by atomic mass is 35.5. The average Bonchev–Trinajstić information content (AvgIpc) is 2.77. The third-order valence-corrected chi connectivity index (χ3v) is 5.62. The molecule has 1 fully saturated rings. The minimum Gasteiger partial charge on any atom is -0.488 e. The lowest BCUT2D eigenvalue weighted by molar-refractivity contribution is -0.122. The van der Waals surface area contributed by atoms with Crippen molar-refractivity contribution >= 4 is 64.1 Å². The maximum absolute atomic E-state index is 13.2. The summed E-state index contributed by atoms with van der Waals surface area (Å²) in [4.78, 5) is 27.1. The Morgan fingerprint density at radius 3 is 2.44 bits per heavy atom. The molecule has 1 aliphatic rings. The molecule has 0 spiro atoms. The van der Waals surface area contributed by atoms with Crippen LogP contribution < -0.4 is 15.0 Å². The summed E-state index contributed by atoms with van der Waals surface area (Å²) in [6, 6.07) is 21.1. The largest absolute Gasteiger partial charge is 0.488 e. The summed E-state index contributed by atoms with van der Waals surface area (Å²) in [5, 5.41) is 3.59. The second kappa shape index (κ2) is 9.53. The van der Waals surface area contributed by atoms with Crippen LogP contribution in [0.3, 0.4) is 0 Å². The first-order chi connectivity index (χ1) is 15.4. The fraction of sp³-hybridized carbons (Fsp3) is 0.0417. The monoisotopic (exact) mass is 482 g/mol. The molecular weight excluding hydrogens is 467 g/mol. The molecule has 1 heterocycles. The van der Waals surface area contributed by atoms with Crippen molar-refractivity contribution in [2.24, 2.45) is 0 Å². The zero-order valence-corrected chi connectivity index (χ0v) is 18.9. The fourth-order valence-corrected chi connectivity index (χ4v) is 3.81. The van der Waals surface area contributed by atoms with Crippen LogP contribution in [0.15, 0.2) is 78.4 Å². The fourth-order valence-electron chi connectivity index (χ4n) is 3.16. The van der Waals surface area contributed by atoms with Crippen LogP contribution in [0.1, 0.15) is 11.1 Å². The van der Waals surface area contributed by atoms with E-state index in [2.05, 4.69) is 5.32 Å². The first-order valence-electron chi connectivity index (χ1n) is 9.56. The SMILES string of the molecule is O=C1NC(=S)N(c2ccccc2)C(=O)/C1=C\c1cc(Cl)ccc1OCc1ccccc1Cl. The number of ether oxygens (including phenoxy) is 1. The third-order valence-electron chi connectivity index (χ3n) is 4.73. The minimum atomic E-state index is -0.593. The molecule has 8 heteroatoms. The second-order valence-electron chi connectivity index (χ2n) is 6.86. The zero-order chi connectivity index (χ0) is 22.7. The second-order valence-corrected chi connectivity index (χ2v) is 8.09. The van der Waals surface area contributed by atoms with Crippen molar-refractivity contribution in [3.8, 4) is 5.75 Å². The van der Waals surface area contributed by atoms with Gasteiger partial charge in [-0.2, -0.15) is 0 Å². The molecule has 3 aromatic rings. The summed E-state index contributed by atoms with van der Waals surface area (Å²) < 4.78 is 5.93. The van der Waals surface area contributed by atoms with Gasteiger partial charge in [-0.25, -0.2) is 0 Å². The van der Waals surface area contributed by atoms with E-state index in [4.69, 9.17) is 40.2 Å². The molecule has 3 aromatic carbocycles. The van der Waals surface area contributed by atoms with Crippen LogP contribution in [0.5, 0.6) is 5.75 Å². The predicted octanol–water partition coefficient (Wildman–Crippen LogP) is 5.40. The van der Waals surface area contributed by atoms with Crippen LogP contribution >= 0.6 is 35.4 Å². The van der Waals surface area contributed by atoms with Crippen LogP contribution in [-0.2, 0) is 16.2 Å². The Labute approximate surface area is 200 Å². The maximum atomic E-state index is 13.2. The standard InChI is InChI=1S/C24H16Cl2N2O3S/c25-17-10-11-21(31-14-15-6-4-5-9-20(15)26)16(12-17)13-19-22(29)27-24(32)28(23(19)30)18-7-2-1-3-8-18/h1-13H,14H2,(H,27,29,32)/b19-13-. The van der Waals surface area contributed by atoms with Crippen molar-refractivity contribution < 1.29 is 14.3 Å². The normalized spacial score (nSPS) is 15.1. The Morgan fingerprint density at radius 2 is 1.69 bits per heavy atom. The van der Waals surface area contributed by atoms with Crippen molar-refractivity contribution in [2.45, 2.75) is 6.61 Å². The lowest BCUT2D eigenvalue weighted by atomic mass is 10.1. The van der Waals surface area contributed by atoms with E-state index >= 15 is 0 Å². The molecule has 32 heavy (non-hydrogen) atoms. The van der Waals surface area contributed by atoms with E-state index in [0.717, 1.165) is 5.56 Å². The summed E-state index contributed by atoms with van der Waals surface area (Å²) in [5.41, 5.74) is 1.74. The number of carbonyl (C=O) groups is 2. The number of thiocarbonyl (C=S) groups is 1. The highest BCUT2D eigenvalue weighted by Gasteiger charge is 2.34.